The molecule has 0 aliphatic rings. The van der Waals surface area contributed by atoms with Gasteiger partial charge in [0, 0.05) is 12.1 Å². The molecule has 2 N–H and O–H groups in total. The van der Waals surface area contributed by atoms with Crippen molar-refractivity contribution in [3.63, 3.8) is 0 Å². The van der Waals surface area contributed by atoms with Crippen LogP contribution >= 0.6 is 0 Å². The minimum absolute atomic E-state index is 0.115. The molecule has 19 heavy (non-hydrogen) atoms. The summed E-state index contributed by atoms with van der Waals surface area (Å²) >= 11 is 0. The Morgan fingerprint density at radius 2 is 2.37 bits per heavy atom. The molecule has 0 saturated carbocycles. The third-order valence-electron chi connectivity index (χ3n) is 2.56. The fourth-order valence-electron chi connectivity index (χ4n) is 1.66. The standard InChI is InChI=1S/C14H17N3O2/c1-10(2)8-19-6-5-15-14(18)11-3-4-12-13(7-11)17-9-16-12/h3-4,7,9H,1,5-6,8H2,2H3,(H,15,18)(H,16,17). The summed E-state index contributed by atoms with van der Waals surface area (Å²) in [6.07, 6.45) is 1.61. The highest BCUT2D eigenvalue weighted by Gasteiger charge is 2.06. The van der Waals surface area contributed by atoms with E-state index in [2.05, 4.69) is 21.9 Å². The summed E-state index contributed by atoms with van der Waals surface area (Å²) in [5, 5.41) is 2.80. The van der Waals surface area contributed by atoms with Gasteiger partial charge in [-0.15, -0.1) is 0 Å². The van der Waals surface area contributed by atoms with E-state index in [-0.39, 0.29) is 5.91 Å². The quantitative estimate of drug-likeness (QED) is 0.615. The van der Waals surface area contributed by atoms with Gasteiger partial charge < -0.3 is 15.0 Å². The Morgan fingerprint density at radius 3 is 3.16 bits per heavy atom. The van der Waals surface area contributed by atoms with Crippen LogP contribution in [0.4, 0.5) is 0 Å². The van der Waals surface area contributed by atoms with E-state index >= 15 is 0 Å². The predicted molar refractivity (Wildman–Crippen MR) is 74.1 cm³/mol. The Balaban J connectivity index is 1.84. The number of rotatable bonds is 6. The summed E-state index contributed by atoms with van der Waals surface area (Å²) in [6.45, 7) is 7.12. The third kappa shape index (κ3) is 3.66. The van der Waals surface area contributed by atoms with Gasteiger partial charge in [-0.05, 0) is 25.1 Å². The first-order chi connectivity index (χ1) is 9.16. The molecule has 1 aromatic carbocycles. The lowest BCUT2D eigenvalue weighted by atomic mass is 10.2. The summed E-state index contributed by atoms with van der Waals surface area (Å²) in [6, 6.07) is 5.36. The van der Waals surface area contributed by atoms with E-state index in [1.54, 1.807) is 18.5 Å². The molecule has 5 heteroatoms. The minimum atomic E-state index is -0.115. The Hall–Kier alpha value is -2.14. The number of fused-ring (bicyclic) bond motifs is 1. The van der Waals surface area contributed by atoms with Gasteiger partial charge in [0.05, 0.1) is 30.6 Å². The monoisotopic (exact) mass is 259 g/mol. The van der Waals surface area contributed by atoms with E-state index in [9.17, 15) is 4.79 Å². The predicted octanol–water partition coefficient (Wildman–Crippen LogP) is 1.89. The van der Waals surface area contributed by atoms with Crippen LogP contribution in [0.3, 0.4) is 0 Å². The number of benzene rings is 1. The van der Waals surface area contributed by atoms with Crippen LogP contribution in [0.5, 0.6) is 0 Å². The number of aromatic nitrogens is 2. The van der Waals surface area contributed by atoms with Gasteiger partial charge in [-0.1, -0.05) is 12.2 Å². The number of H-pyrrole nitrogens is 1. The zero-order chi connectivity index (χ0) is 13.7. The summed E-state index contributed by atoms with van der Waals surface area (Å²) in [7, 11) is 0. The highest BCUT2D eigenvalue weighted by molar-refractivity contribution is 5.97. The van der Waals surface area contributed by atoms with E-state index in [1.165, 1.54) is 0 Å². The fraction of sp³-hybridized carbons (Fsp3) is 0.286. The molecular formula is C14H17N3O2. The van der Waals surface area contributed by atoms with Gasteiger partial charge in [0.15, 0.2) is 0 Å². The van der Waals surface area contributed by atoms with Crippen molar-refractivity contribution in [3.05, 3.63) is 42.2 Å². The molecule has 1 heterocycles. The molecule has 0 spiro atoms. The summed E-state index contributed by atoms with van der Waals surface area (Å²) in [5.41, 5.74) is 3.28. The van der Waals surface area contributed by atoms with Crippen molar-refractivity contribution in [2.75, 3.05) is 19.8 Å². The van der Waals surface area contributed by atoms with Gasteiger partial charge in [0.1, 0.15) is 0 Å². The molecule has 1 aromatic heterocycles. The first-order valence-electron chi connectivity index (χ1n) is 6.10. The number of aromatic amines is 1. The lowest BCUT2D eigenvalue weighted by molar-refractivity contribution is 0.0927. The zero-order valence-corrected chi connectivity index (χ0v) is 10.9. The lowest BCUT2D eigenvalue weighted by Crippen LogP contribution is -2.27. The molecule has 0 saturated heterocycles. The molecule has 5 nitrogen and oxygen atoms in total. The van der Waals surface area contributed by atoms with Crippen LogP contribution in [0.1, 0.15) is 17.3 Å². The maximum Gasteiger partial charge on any atom is 0.251 e. The van der Waals surface area contributed by atoms with E-state index < -0.39 is 0 Å². The molecule has 0 aliphatic heterocycles. The van der Waals surface area contributed by atoms with Crippen molar-refractivity contribution in [1.29, 1.82) is 0 Å². The van der Waals surface area contributed by atoms with Crippen LogP contribution in [0, 0.1) is 0 Å². The van der Waals surface area contributed by atoms with Gasteiger partial charge in [0.2, 0.25) is 0 Å². The average Bonchev–Trinajstić information content (AvgIpc) is 2.84. The second kappa shape index (κ2) is 6.15. The van der Waals surface area contributed by atoms with Crippen molar-refractivity contribution >= 4 is 16.9 Å². The molecule has 0 atom stereocenters. The van der Waals surface area contributed by atoms with Crippen LogP contribution in [-0.4, -0.2) is 35.6 Å². The molecule has 1 amide bonds. The van der Waals surface area contributed by atoms with E-state index in [0.29, 0.717) is 25.3 Å². The molecule has 100 valence electrons. The van der Waals surface area contributed by atoms with Crippen LogP contribution < -0.4 is 5.32 Å². The van der Waals surface area contributed by atoms with Crippen LogP contribution in [0.2, 0.25) is 0 Å². The number of imidazole rings is 1. The lowest BCUT2D eigenvalue weighted by Gasteiger charge is -2.06. The SMILES string of the molecule is C=C(C)COCCNC(=O)c1ccc2nc[nH]c2c1. The smallest absolute Gasteiger partial charge is 0.251 e. The number of carbonyl (C=O) groups is 1. The zero-order valence-electron chi connectivity index (χ0n) is 10.9. The normalized spacial score (nSPS) is 10.6. The Morgan fingerprint density at radius 1 is 1.53 bits per heavy atom. The molecule has 0 aliphatic carbocycles. The van der Waals surface area contributed by atoms with Gasteiger partial charge in [0.25, 0.3) is 5.91 Å². The molecule has 0 radical (unpaired) electrons. The highest BCUT2D eigenvalue weighted by Crippen LogP contribution is 2.11. The largest absolute Gasteiger partial charge is 0.375 e. The van der Waals surface area contributed by atoms with Crippen molar-refractivity contribution in [3.8, 4) is 0 Å². The molecule has 2 rings (SSSR count). The number of hydrogen-bond donors (Lipinski definition) is 2. The van der Waals surface area contributed by atoms with Gasteiger partial charge in [-0.2, -0.15) is 0 Å². The van der Waals surface area contributed by atoms with Crippen LogP contribution in [-0.2, 0) is 4.74 Å². The molecule has 0 fully saturated rings. The number of carbonyl (C=O) groups excluding carboxylic acids is 1. The molecule has 0 bridgehead atoms. The summed E-state index contributed by atoms with van der Waals surface area (Å²) in [4.78, 5) is 19.0. The molecular weight excluding hydrogens is 242 g/mol. The van der Waals surface area contributed by atoms with Gasteiger partial charge in [-0.25, -0.2) is 4.98 Å². The Kier molecular flexibility index (Phi) is 4.30. The van der Waals surface area contributed by atoms with E-state index in [1.807, 2.05) is 13.0 Å². The Labute approximate surface area is 111 Å². The second-order valence-electron chi connectivity index (χ2n) is 4.40. The van der Waals surface area contributed by atoms with Crippen molar-refractivity contribution in [1.82, 2.24) is 15.3 Å². The number of amides is 1. The molecule has 0 unspecified atom stereocenters. The summed E-state index contributed by atoms with van der Waals surface area (Å²) < 4.78 is 5.31. The van der Waals surface area contributed by atoms with Crippen molar-refractivity contribution in [2.24, 2.45) is 0 Å². The van der Waals surface area contributed by atoms with Crippen LogP contribution in [0.25, 0.3) is 11.0 Å². The maximum atomic E-state index is 11.9. The van der Waals surface area contributed by atoms with Gasteiger partial charge in [-0.3, -0.25) is 4.79 Å². The first-order valence-corrected chi connectivity index (χ1v) is 6.10. The Bertz CT molecular complexity index is 589. The summed E-state index contributed by atoms with van der Waals surface area (Å²) in [5.74, 6) is -0.115. The van der Waals surface area contributed by atoms with Crippen molar-refractivity contribution in [2.45, 2.75) is 6.92 Å². The minimum Gasteiger partial charge on any atom is -0.375 e. The first kappa shape index (κ1) is 13.3. The third-order valence-corrected chi connectivity index (χ3v) is 2.56. The number of nitrogens with zero attached hydrogens (tertiary/aromatic N) is 1. The number of nitrogens with one attached hydrogen (secondary N) is 2. The number of hydrogen-bond acceptors (Lipinski definition) is 3. The molecule has 2 aromatic rings. The second-order valence-corrected chi connectivity index (χ2v) is 4.40. The van der Waals surface area contributed by atoms with Crippen molar-refractivity contribution < 1.29 is 9.53 Å². The average molecular weight is 259 g/mol. The fourth-order valence-corrected chi connectivity index (χ4v) is 1.66. The van der Waals surface area contributed by atoms with E-state index in [0.717, 1.165) is 16.6 Å². The maximum absolute atomic E-state index is 11.9. The van der Waals surface area contributed by atoms with E-state index in [4.69, 9.17) is 4.74 Å². The number of ether oxygens (including phenoxy) is 1. The highest BCUT2D eigenvalue weighted by atomic mass is 16.5. The van der Waals surface area contributed by atoms with Gasteiger partial charge >= 0.3 is 0 Å². The topological polar surface area (TPSA) is 67.0 Å². The van der Waals surface area contributed by atoms with Crippen LogP contribution in [0.15, 0.2) is 36.7 Å².